The van der Waals surface area contributed by atoms with Crippen molar-refractivity contribution in [3.05, 3.63) is 35.6 Å². The van der Waals surface area contributed by atoms with Crippen LogP contribution in [0.25, 0.3) is 0 Å². The Morgan fingerprint density at radius 2 is 1.47 bits per heavy atom. The standard InChI is InChI=1S/C17H21FO/c18-16-3-1-11(2-4-16)10-17(19)14-6-12-5-13(8-14)9-15(17)7-12/h1-4,12-15,19H,5-10H2. The van der Waals surface area contributed by atoms with Crippen LogP contribution in [0.4, 0.5) is 4.39 Å². The fraction of sp³-hybridized carbons (Fsp3) is 0.647. The van der Waals surface area contributed by atoms with Gasteiger partial charge in [0.25, 0.3) is 0 Å². The summed E-state index contributed by atoms with van der Waals surface area (Å²) in [5.74, 6) is 2.51. The highest BCUT2D eigenvalue weighted by atomic mass is 19.1. The third-order valence-electron chi connectivity index (χ3n) is 5.95. The SMILES string of the molecule is OC1(Cc2ccc(F)cc2)C2CC3CC(C2)CC1C3. The molecule has 19 heavy (non-hydrogen) atoms. The Labute approximate surface area is 113 Å². The minimum atomic E-state index is -0.523. The number of hydrogen-bond donors (Lipinski definition) is 1. The third-order valence-corrected chi connectivity index (χ3v) is 5.95. The summed E-state index contributed by atoms with van der Waals surface area (Å²) < 4.78 is 13.0. The van der Waals surface area contributed by atoms with E-state index < -0.39 is 5.60 Å². The highest BCUT2D eigenvalue weighted by Crippen LogP contribution is 2.59. The molecule has 2 heteroatoms. The van der Waals surface area contributed by atoms with E-state index in [2.05, 4.69) is 0 Å². The largest absolute Gasteiger partial charge is 0.389 e. The van der Waals surface area contributed by atoms with Crippen LogP contribution in [-0.4, -0.2) is 10.7 Å². The zero-order valence-corrected chi connectivity index (χ0v) is 11.2. The van der Waals surface area contributed by atoms with Crippen LogP contribution in [0, 0.1) is 29.5 Å². The molecule has 0 atom stereocenters. The van der Waals surface area contributed by atoms with E-state index in [0.29, 0.717) is 18.3 Å². The van der Waals surface area contributed by atoms with Crippen LogP contribution < -0.4 is 0 Å². The van der Waals surface area contributed by atoms with Gasteiger partial charge in [-0.3, -0.25) is 0 Å². The number of halogens is 1. The van der Waals surface area contributed by atoms with Crippen LogP contribution in [0.5, 0.6) is 0 Å². The normalized spacial score (nSPS) is 43.7. The van der Waals surface area contributed by atoms with E-state index in [1.54, 1.807) is 0 Å². The van der Waals surface area contributed by atoms with E-state index in [4.69, 9.17) is 0 Å². The molecule has 1 N–H and O–H groups in total. The first-order chi connectivity index (χ1) is 9.13. The second-order valence-electron chi connectivity index (χ2n) is 7.10. The van der Waals surface area contributed by atoms with Gasteiger partial charge in [-0.25, -0.2) is 4.39 Å². The van der Waals surface area contributed by atoms with Gasteiger partial charge in [0.15, 0.2) is 0 Å². The maximum Gasteiger partial charge on any atom is 0.123 e. The van der Waals surface area contributed by atoms with E-state index in [1.807, 2.05) is 12.1 Å². The molecule has 4 saturated carbocycles. The van der Waals surface area contributed by atoms with Gasteiger partial charge in [-0.1, -0.05) is 12.1 Å². The fourth-order valence-electron chi connectivity index (χ4n) is 5.22. The Morgan fingerprint density at radius 1 is 0.947 bits per heavy atom. The molecule has 0 aliphatic heterocycles. The van der Waals surface area contributed by atoms with Crippen LogP contribution in [0.15, 0.2) is 24.3 Å². The zero-order chi connectivity index (χ0) is 13.0. The van der Waals surface area contributed by atoms with E-state index >= 15 is 0 Å². The minimum absolute atomic E-state index is 0.194. The molecule has 0 radical (unpaired) electrons. The summed E-state index contributed by atoms with van der Waals surface area (Å²) in [4.78, 5) is 0. The molecule has 0 heterocycles. The summed E-state index contributed by atoms with van der Waals surface area (Å²) in [6.07, 6.45) is 6.96. The summed E-state index contributed by atoms with van der Waals surface area (Å²) in [6.45, 7) is 0. The predicted octanol–water partition coefficient (Wildman–Crippen LogP) is 3.56. The third kappa shape index (κ3) is 1.84. The smallest absolute Gasteiger partial charge is 0.123 e. The van der Waals surface area contributed by atoms with Gasteiger partial charge in [0.2, 0.25) is 0 Å². The Balaban J connectivity index is 1.61. The molecule has 4 aliphatic carbocycles. The molecule has 102 valence electrons. The van der Waals surface area contributed by atoms with Crippen molar-refractivity contribution in [3.63, 3.8) is 0 Å². The Kier molecular flexibility index (Phi) is 2.54. The molecule has 5 rings (SSSR count). The average Bonchev–Trinajstić information content (AvgIpc) is 2.38. The lowest BCUT2D eigenvalue weighted by Gasteiger charge is -2.59. The molecule has 1 aromatic carbocycles. The Hall–Kier alpha value is -0.890. The van der Waals surface area contributed by atoms with Crippen molar-refractivity contribution in [1.29, 1.82) is 0 Å². The first kappa shape index (κ1) is 11.9. The molecule has 4 aliphatic rings. The quantitative estimate of drug-likeness (QED) is 0.862. The molecular formula is C17H21FO. The van der Waals surface area contributed by atoms with Crippen molar-refractivity contribution >= 4 is 0 Å². The molecular weight excluding hydrogens is 239 g/mol. The van der Waals surface area contributed by atoms with Gasteiger partial charge in [-0.2, -0.15) is 0 Å². The van der Waals surface area contributed by atoms with E-state index in [-0.39, 0.29) is 5.82 Å². The lowest BCUT2D eigenvalue weighted by atomic mass is 9.49. The second kappa shape index (κ2) is 4.05. The van der Waals surface area contributed by atoms with E-state index in [0.717, 1.165) is 17.4 Å². The van der Waals surface area contributed by atoms with E-state index in [9.17, 15) is 9.50 Å². The highest BCUT2D eigenvalue weighted by molar-refractivity contribution is 5.21. The van der Waals surface area contributed by atoms with E-state index in [1.165, 1.54) is 44.2 Å². The van der Waals surface area contributed by atoms with Crippen molar-refractivity contribution in [1.82, 2.24) is 0 Å². The van der Waals surface area contributed by atoms with Crippen molar-refractivity contribution in [2.75, 3.05) is 0 Å². The molecule has 1 aromatic rings. The first-order valence-electron chi connectivity index (χ1n) is 7.60. The fourth-order valence-corrected chi connectivity index (χ4v) is 5.22. The number of benzene rings is 1. The molecule has 0 unspecified atom stereocenters. The van der Waals surface area contributed by atoms with Crippen molar-refractivity contribution < 1.29 is 9.50 Å². The first-order valence-corrected chi connectivity index (χ1v) is 7.60. The topological polar surface area (TPSA) is 20.2 Å². The minimum Gasteiger partial charge on any atom is -0.389 e. The van der Waals surface area contributed by atoms with Gasteiger partial charge < -0.3 is 5.11 Å². The van der Waals surface area contributed by atoms with Crippen LogP contribution >= 0.6 is 0 Å². The van der Waals surface area contributed by atoms with Crippen LogP contribution in [0.2, 0.25) is 0 Å². The molecule has 0 aromatic heterocycles. The summed E-state index contributed by atoms with van der Waals surface area (Å²) in [5.41, 5.74) is 0.557. The van der Waals surface area contributed by atoms with Gasteiger partial charge in [-0.05, 0) is 73.5 Å². The van der Waals surface area contributed by atoms with Crippen LogP contribution in [0.3, 0.4) is 0 Å². The van der Waals surface area contributed by atoms with Gasteiger partial charge in [0.1, 0.15) is 5.82 Å². The summed E-state index contributed by atoms with van der Waals surface area (Å²) in [5, 5.41) is 11.2. The maximum absolute atomic E-state index is 13.0. The Morgan fingerprint density at radius 3 is 2.00 bits per heavy atom. The molecule has 0 amide bonds. The second-order valence-corrected chi connectivity index (χ2v) is 7.10. The predicted molar refractivity (Wildman–Crippen MR) is 72.1 cm³/mol. The lowest BCUT2D eigenvalue weighted by molar-refractivity contribution is -0.171. The maximum atomic E-state index is 13.0. The van der Waals surface area contributed by atoms with Gasteiger partial charge in [0.05, 0.1) is 5.60 Å². The lowest BCUT2D eigenvalue weighted by Crippen LogP contribution is -2.58. The van der Waals surface area contributed by atoms with Crippen LogP contribution in [-0.2, 0) is 6.42 Å². The van der Waals surface area contributed by atoms with Crippen molar-refractivity contribution in [3.8, 4) is 0 Å². The summed E-state index contributed by atoms with van der Waals surface area (Å²) in [6, 6.07) is 6.68. The zero-order valence-electron chi connectivity index (χ0n) is 11.2. The molecule has 0 spiro atoms. The monoisotopic (exact) mass is 260 g/mol. The number of hydrogen-bond acceptors (Lipinski definition) is 1. The molecule has 0 saturated heterocycles. The van der Waals surface area contributed by atoms with Gasteiger partial charge in [0, 0.05) is 6.42 Å². The van der Waals surface area contributed by atoms with Gasteiger partial charge in [-0.15, -0.1) is 0 Å². The van der Waals surface area contributed by atoms with Crippen molar-refractivity contribution in [2.45, 2.75) is 44.1 Å². The summed E-state index contributed by atoms with van der Waals surface area (Å²) in [7, 11) is 0. The summed E-state index contributed by atoms with van der Waals surface area (Å²) >= 11 is 0. The van der Waals surface area contributed by atoms with Crippen LogP contribution in [0.1, 0.15) is 37.7 Å². The van der Waals surface area contributed by atoms with Crippen molar-refractivity contribution in [2.24, 2.45) is 23.7 Å². The molecule has 1 nitrogen and oxygen atoms in total. The number of rotatable bonds is 2. The number of aliphatic hydroxyl groups is 1. The highest BCUT2D eigenvalue weighted by Gasteiger charge is 2.56. The molecule has 4 bridgehead atoms. The Bertz CT molecular complexity index is 451. The van der Waals surface area contributed by atoms with Gasteiger partial charge >= 0.3 is 0 Å². The molecule has 4 fully saturated rings. The average molecular weight is 260 g/mol.